The summed E-state index contributed by atoms with van der Waals surface area (Å²) in [6.45, 7) is 5.79. The molecule has 17 heteroatoms. The highest BCUT2D eigenvalue weighted by atomic mass is 16.4. The number of nitrogens with zero attached hydrogens (tertiary/aromatic N) is 2. The van der Waals surface area contributed by atoms with E-state index in [4.69, 9.17) is 0 Å². The second-order valence-electron chi connectivity index (χ2n) is 15.9. The van der Waals surface area contributed by atoms with Gasteiger partial charge in [-0.15, -0.1) is 0 Å². The fourth-order valence-corrected chi connectivity index (χ4v) is 6.91. The molecule has 2 aromatic carbocycles. The van der Waals surface area contributed by atoms with Crippen LogP contribution in [0, 0.1) is 5.92 Å². The summed E-state index contributed by atoms with van der Waals surface area (Å²) in [5, 5.41) is 51.2. The number of fused-ring (bicyclic) bond motifs is 5. The predicted octanol–water partition coefficient (Wildman–Crippen LogP) is 2.50. The maximum atomic E-state index is 13.9. The third kappa shape index (κ3) is 14.0. The van der Waals surface area contributed by atoms with Gasteiger partial charge in [0.15, 0.2) is 0 Å². The van der Waals surface area contributed by atoms with Gasteiger partial charge in [-0.2, -0.15) is 0 Å². The minimum atomic E-state index is -1.47. The number of nitrogens with one attached hydrogen (secondary N) is 4. The maximum Gasteiger partial charge on any atom is 0.326 e. The molecular weight excluding hydrogens is 777 g/mol. The van der Waals surface area contributed by atoms with Gasteiger partial charge < -0.3 is 51.5 Å². The number of benzene rings is 2. The Kier molecular flexibility index (Phi) is 18.8. The van der Waals surface area contributed by atoms with Gasteiger partial charge in [-0.05, 0) is 61.6 Å². The van der Waals surface area contributed by atoms with Crippen LogP contribution < -0.4 is 21.3 Å². The summed E-state index contributed by atoms with van der Waals surface area (Å²) < 4.78 is 0. The lowest BCUT2D eigenvalue weighted by molar-refractivity contribution is -0.143. The predicted molar refractivity (Wildman–Crippen MR) is 222 cm³/mol. The molecule has 1 aliphatic heterocycles. The van der Waals surface area contributed by atoms with Crippen LogP contribution in [0.4, 0.5) is 0 Å². The van der Waals surface area contributed by atoms with Gasteiger partial charge in [-0.3, -0.25) is 28.8 Å². The van der Waals surface area contributed by atoms with Crippen molar-refractivity contribution in [2.24, 2.45) is 5.92 Å². The third-order valence-corrected chi connectivity index (χ3v) is 10.7. The number of carboxylic acids is 1. The molecule has 0 saturated heterocycles. The Hall–Kier alpha value is -5.71. The van der Waals surface area contributed by atoms with Crippen LogP contribution in [0.1, 0.15) is 103 Å². The average Bonchev–Trinajstić information content (AvgIpc) is 3.19. The Morgan fingerprint density at radius 3 is 2.02 bits per heavy atom. The number of likely N-dealkylation sites (N-methyl/N-ethyl adjacent to an activating group) is 2. The highest BCUT2D eigenvalue weighted by molar-refractivity contribution is 5.96. The number of aliphatic carboxylic acids is 1. The molecule has 0 radical (unpaired) electrons. The standard InChI is InChI=1S/C43H62N6O11/c1-25(2)14-12-10-8-7-9-11-13-15-36(53)48(5)33(24-50)41(57)45-26(3)39(55)44-23-37(54)49(6)38-29-17-19-35(52)31(22-29)30-20-28(16-18-34(30)51)21-32(43(59)60)47-40(56)27(4)46-42(38)58/h16-20,22,25-27,32-33,38,50-52H,7-15,21,23-24H2,1-6H3,(H,44,55)(H,45,57)(H,46,58)(H,47,56)(H,59,60)/t26-,27+,32+,33-,38-/m1/s1. The smallest absolute Gasteiger partial charge is 0.326 e. The molecule has 0 aromatic heterocycles. The Morgan fingerprint density at radius 2 is 1.40 bits per heavy atom. The number of carbonyl (C=O) groups is 7. The second-order valence-corrected chi connectivity index (χ2v) is 15.9. The van der Waals surface area contributed by atoms with Crippen molar-refractivity contribution in [3.63, 3.8) is 0 Å². The van der Waals surface area contributed by atoms with Crippen LogP contribution in [0.2, 0.25) is 0 Å². The molecule has 3 rings (SSSR count). The first-order valence-corrected chi connectivity index (χ1v) is 20.5. The number of carbonyl (C=O) groups excluding carboxylic acids is 6. The molecule has 0 spiro atoms. The molecule has 5 atom stereocenters. The van der Waals surface area contributed by atoms with E-state index < -0.39 is 78.9 Å². The quantitative estimate of drug-likeness (QED) is 0.0955. The molecule has 0 saturated carbocycles. The molecule has 4 bridgehead atoms. The van der Waals surface area contributed by atoms with E-state index in [1.165, 1.54) is 83.6 Å². The van der Waals surface area contributed by atoms with Crippen molar-refractivity contribution in [3.8, 4) is 22.6 Å². The number of aliphatic hydroxyl groups excluding tert-OH is 1. The first-order valence-electron chi connectivity index (χ1n) is 20.5. The number of amides is 6. The van der Waals surface area contributed by atoms with Crippen LogP contribution in [0.3, 0.4) is 0 Å². The van der Waals surface area contributed by atoms with Crippen molar-refractivity contribution >= 4 is 41.4 Å². The number of aliphatic hydroxyl groups is 1. The lowest BCUT2D eigenvalue weighted by Gasteiger charge is -2.30. The molecule has 2 aromatic rings. The summed E-state index contributed by atoms with van der Waals surface area (Å²) >= 11 is 0. The van der Waals surface area contributed by atoms with Crippen LogP contribution >= 0.6 is 0 Å². The normalized spacial score (nSPS) is 17.6. The van der Waals surface area contributed by atoms with Gasteiger partial charge in [0.2, 0.25) is 35.4 Å². The molecule has 6 amide bonds. The molecule has 60 heavy (non-hydrogen) atoms. The van der Waals surface area contributed by atoms with E-state index >= 15 is 0 Å². The van der Waals surface area contributed by atoms with Crippen LogP contribution in [-0.2, 0) is 40.0 Å². The van der Waals surface area contributed by atoms with Crippen LogP contribution in [0.15, 0.2) is 36.4 Å². The zero-order valence-corrected chi connectivity index (χ0v) is 35.5. The van der Waals surface area contributed by atoms with Crippen LogP contribution in [0.25, 0.3) is 11.1 Å². The van der Waals surface area contributed by atoms with E-state index in [1.54, 1.807) is 0 Å². The van der Waals surface area contributed by atoms with Gasteiger partial charge in [-0.1, -0.05) is 70.9 Å². The molecule has 0 unspecified atom stereocenters. The van der Waals surface area contributed by atoms with Crippen LogP contribution in [-0.4, -0.2) is 123 Å². The number of hydrogen-bond donors (Lipinski definition) is 8. The monoisotopic (exact) mass is 838 g/mol. The Bertz CT molecular complexity index is 1850. The number of carboxylic acid groups (broad SMARTS) is 1. The van der Waals surface area contributed by atoms with Gasteiger partial charge in [0.25, 0.3) is 0 Å². The molecule has 0 aliphatic carbocycles. The Morgan fingerprint density at radius 1 is 0.800 bits per heavy atom. The topological polar surface area (TPSA) is 255 Å². The summed E-state index contributed by atoms with van der Waals surface area (Å²) in [7, 11) is 2.69. The average molecular weight is 839 g/mol. The van der Waals surface area contributed by atoms with Crippen molar-refractivity contribution in [3.05, 3.63) is 47.5 Å². The molecule has 17 nitrogen and oxygen atoms in total. The lowest BCUT2D eigenvalue weighted by Crippen LogP contribution is -2.55. The van der Waals surface area contributed by atoms with Gasteiger partial charge in [0.1, 0.15) is 41.7 Å². The maximum absolute atomic E-state index is 13.9. The summed E-state index contributed by atoms with van der Waals surface area (Å²) in [6.07, 6.45) is 8.45. The fraction of sp³-hybridized carbons (Fsp3) is 0.558. The van der Waals surface area contributed by atoms with E-state index in [0.717, 1.165) is 35.5 Å². The van der Waals surface area contributed by atoms with Gasteiger partial charge in [0.05, 0.1) is 13.2 Å². The van der Waals surface area contributed by atoms with Crippen molar-refractivity contribution in [2.45, 2.75) is 122 Å². The minimum absolute atomic E-state index is 0.0659. The fourth-order valence-electron chi connectivity index (χ4n) is 6.91. The molecule has 0 fully saturated rings. The Labute approximate surface area is 351 Å². The van der Waals surface area contributed by atoms with Gasteiger partial charge in [0, 0.05) is 38.1 Å². The van der Waals surface area contributed by atoms with Crippen molar-refractivity contribution < 1.29 is 54.0 Å². The van der Waals surface area contributed by atoms with Crippen molar-refractivity contribution in [1.82, 2.24) is 31.1 Å². The SMILES string of the molecule is CC(C)CCCCCCCCCC(=O)N(C)[C@H](CO)C(=O)N[C@H](C)C(=O)NCC(=O)N(C)[C@H]1C(=O)N[C@@H](C)C(=O)N[C@H](C(=O)O)Cc2ccc(O)c(c2)-c2cc1ccc2O. The van der Waals surface area contributed by atoms with Gasteiger partial charge >= 0.3 is 5.97 Å². The molecule has 1 aliphatic rings. The first-order chi connectivity index (χ1) is 28.4. The largest absolute Gasteiger partial charge is 0.507 e. The molecule has 1 heterocycles. The van der Waals surface area contributed by atoms with E-state index in [0.29, 0.717) is 17.9 Å². The second kappa shape index (κ2) is 23.2. The zero-order chi connectivity index (χ0) is 44.7. The third-order valence-electron chi connectivity index (χ3n) is 10.7. The van der Waals surface area contributed by atoms with Crippen LogP contribution in [0.5, 0.6) is 11.5 Å². The number of rotatable bonds is 19. The van der Waals surface area contributed by atoms with Gasteiger partial charge in [-0.25, -0.2) is 4.79 Å². The van der Waals surface area contributed by atoms with Crippen molar-refractivity contribution in [1.29, 1.82) is 0 Å². The first kappa shape index (κ1) is 48.7. The number of phenols is 2. The zero-order valence-electron chi connectivity index (χ0n) is 35.5. The Balaban J connectivity index is 1.67. The summed E-state index contributed by atoms with van der Waals surface area (Å²) in [6, 6.07) is 1.62. The van der Waals surface area contributed by atoms with E-state index in [9.17, 15) is 54.0 Å². The summed E-state index contributed by atoms with van der Waals surface area (Å²) in [5.74, 6) is -5.55. The molecule has 8 N–H and O–H groups in total. The number of unbranched alkanes of at least 4 members (excludes halogenated alkanes) is 6. The number of aromatic hydroxyl groups is 2. The molecular formula is C43H62N6O11. The van der Waals surface area contributed by atoms with E-state index in [2.05, 4.69) is 35.1 Å². The number of hydrogen-bond acceptors (Lipinski definition) is 10. The summed E-state index contributed by atoms with van der Waals surface area (Å²) in [4.78, 5) is 93.8. The molecule has 330 valence electrons. The highest BCUT2D eigenvalue weighted by Gasteiger charge is 2.34. The highest BCUT2D eigenvalue weighted by Crippen LogP contribution is 2.38. The minimum Gasteiger partial charge on any atom is -0.507 e. The van der Waals surface area contributed by atoms with E-state index in [1.807, 2.05) is 0 Å². The van der Waals surface area contributed by atoms with Crippen molar-refractivity contribution in [2.75, 3.05) is 27.2 Å². The lowest BCUT2D eigenvalue weighted by atomic mass is 9.94. The summed E-state index contributed by atoms with van der Waals surface area (Å²) in [5.41, 5.74) is 0.723. The van der Waals surface area contributed by atoms with E-state index in [-0.39, 0.29) is 46.9 Å². The number of phenolic OH excluding ortho intramolecular Hbond substituents is 2.